The summed E-state index contributed by atoms with van der Waals surface area (Å²) in [5.41, 5.74) is 9.48. The lowest BCUT2D eigenvalue weighted by Gasteiger charge is -2.09. The van der Waals surface area contributed by atoms with Crippen molar-refractivity contribution in [2.24, 2.45) is 0 Å². The number of tetrazole rings is 1. The minimum absolute atomic E-state index is 0.243. The van der Waals surface area contributed by atoms with Crippen molar-refractivity contribution in [3.63, 3.8) is 0 Å². The fourth-order valence-electron chi connectivity index (χ4n) is 4.05. The molecular formula is C21H15Cl2N7O. The minimum Gasteiger partial charge on any atom is -0.487 e. The van der Waals surface area contributed by atoms with Crippen molar-refractivity contribution in [2.45, 2.75) is 6.54 Å². The first-order chi connectivity index (χ1) is 15.1. The third-order valence-corrected chi connectivity index (χ3v) is 5.92. The van der Waals surface area contributed by atoms with Crippen LogP contribution < -0.4 is 10.5 Å². The standard InChI is InChI=1S/C21H15Cl2N7O/c22-10-1-3-16-12(7-10)14-9-15-13-8-11(23)2-4-17(13)26-19(15)20(18(14)25-16)31-6-5-30-21(24)27-28-29-30/h1-4,7-9,25-26H,5-6H2,(H2,24,27,29). The first-order valence-electron chi connectivity index (χ1n) is 9.58. The largest absolute Gasteiger partial charge is 0.487 e. The van der Waals surface area contributed by atoms with Crippen molar-refractivity contribution in [1.29, 1.82) is 0 Å². The maximum Gasteiger partial charge on any atom is 0.240 e. The zero-order chi connectivity index (χ0) is 21.1. The van der Waals surface area contributed by atoms with E-state index in [4.69, 9.17) is 33.7 Å². The lowest BCUT2D eigenvalue weighted by Crippen LogP contribution is -2.12. The third kappa shape index (κ3) is 2.87. The molecule has 0 saturated heterocycles. The SMILES string of the molecule is Nc1nnnn1CCOc1c2[nH]c3ccc(Cl)cc3c2cc2c1[nH]c1ccc(Cl)cc12. The molecule has 6 rings (SSSR count). The molecule has 31 heavy (non-hydrogen) atoms. The molecule has 3 heterocycles. The zero-order valence-corrected chi connectivity index (χ0v) is 17.5. The number of nitrogens with two attached hydrogens (primary N) is 1. The van der Waals surface area contributed by atoms with Crippen molar-refractivity contribution < 1.29 is 4.74 Å². The Hall–Kier alpha value is -3.49. The van der Waals surface area contributed by atoms with Gasteiger partial charge in [0, 0.05) is 42.6 Å². The highest BCUT2D eigenvalue weighted by Gasteiger charge is 2.18. The summed E-state index contributed by atoms with van der Waals surface area (Å²) in [5.74, 6) is 0.950. The molecule has 6 aromatic rings. The van der Waals surface area contributed by atoms with Gasteiger partial charge in [-0.05, 0) is 52.9 Å². The van der Waals surface area contributed by atoms with Crippen LogP contribution in [0.5, 0.6) is 5.75 Å². The second-order valence-corrected chi connectivity index (χ2v) is 8.16. The predicted octanol–water partition coefficient (Wildman–Crippen LogP) is 4.91. The fraction of sp³-hybridized carbons (Fsp3) is 0.0952. The molecule has 0 unspecified atom stereocenters. The maximum absolute atomic E-state index is 6.28. The van der Waals surface area contributed by atoms with E-state index < -0.39 is 0 Å². The van der Waals surface area contributed by atoms with Gasteiger partial charge in [0.05, 0.1) is 17.6 Å². The monoisotopic (exact) mass is 451 g/mol. The van der Waals surface area contributed by atoms with Gasteiger partial charge in [-0.15, -0.1) is 0 Å². The Balaban J connectivity index is 1.59. The van der Waals surface area contributed by atoms with Crippen molar-refractivity contribution in [3.8, 4) is 5.75 Å². The summed E-state index contributed by atoms with van der Waals surface area (Å²) in [7, 11) is 0. The number of fused-ring (bicyclic) bond motifs is 6. The van der Waals surface area contributed by atoms with Crippen molar-refractivity contribution in [1.82, 2.24) is 30.2 Å². The molecule has 0 atom stereocenters. The van der Waals surface area contributed by atoms with Crippen molar-refractivity contribution >= 4 is 72.8 Å². The van der Waals surface area contributed by atoms with E-state index in [-0.39, 0.29) is 5.95 Å². The Labute approximate surface area is 184 Å². The van der Waals surface area contributed by atoms with Gasteiger partial charge in [-0.2, -0.15) is 0 Å². The van der Waals surface area contributed by atoms with Gasteiger partial charge in [-0.25, -0.2) is 4.68 Å². The van der Waals surface area contributed by atoms with Crippen molar-refractivity contribution in [3.05, 3.63) is 52.5 Å². The Morgan fingerprint density at radius 1 is 0.871 bits per heavy atom. The molecule has 0 amide bonds. The summed E-state index contributed by atoms with van der Waals surface area (Å²) >= 11 is 12.6. The summed E-state index contributed by atoms with van der Waals surface area (Å²) in [6, 6.07) is 13.7. The molecule has 0 aliphatic heterocycles. The van der Waals surface area contributed by atoms with Gasteiger partial charge in [0.25, 0.3) is 0 Å². The molecule has 0 fully saturated rings. The highest BCUT2D eigenvalue weighted by molar-refractivity contribution is 6.33. The number of H-pyrrole nitrogens is 2. The first kappa shape index (κ1) is 18.3. The van der Waals surface area contributed by atoms with E-state index >= 15 is 0 Å². The molecule has 3 aromatic carbocycles. The minimum atomic E-state index is 0.243. The van der Waals surface area contributed by atoms with E-state index in [1.807, 2.05) is 36.4 Å². The molecule has 10 heteroatoms. The van der Waals surface area contributed by atoms with Crippen LogP contribution in [0, 0.1) is 0 Å². The number of aromatic nitrogens is 6. The predicted molar refractivity (Wildman–Crippen MR) is 123 cm³/mol. The van der Waals surface area contributed by atoms with Gasteiger partial charge in [-0.3, -0.25) is 0 Å². The molecule has 154 valence electrons. The van der Waals surface area contributed by atoms with Crippen LogP contribution in [-0.4, -0.2) is 36.8 Å². The summed E-state index contributed by atoms with van der Waals surface area (Å²) < 4.78 is 7.77. The van der Waals surface area contributed by atoms with Gasteiger partial charge in [0.1, 0.15) is 6.61 Å². The highest BCUT2D eigenvalue weighted by atomic mass is 35.5. The van der Waals surface area contributed by atoms with E-state index in [2.05, 4.69) is 31.6 Å². The number of aromatic amines is 2. The quantitative estimate of drug-likeness (QED) is 0.352. The Morgan fingerprint density at radius 2 is 1.48 bits per heavy atom. The summed E-state index contributed by atoms with van der Waals surface area (Å²) in [4.78, 5) is 6.95. The smallest absolute Gasteiger partial charge is 0.240 e. The summed E-state index contributed by atoms with van der Waals surface area (Å²) in [6.45, 7) is 0.741. The normalized spacial score (nSPS) is 11.9. The number of hydrogen-bond acceptors (Lipinski definition) is 5. The van der Waals surface area contributed by atoms with E-state index in [0.29, 0.717) is 28.9 Å². The number of anilines is 1. The van der Waals surface area contributed by atoms with Crippen LogP contribution in [0.4, 0.5) is 5.95 Å². The molecule has 0 bridgehead atoms. The fourth-order valence-corrected chi connectivity index (χ4v) is 4.39. The van der Waals surface area contributed by atoms with Crippen LogP contribution in [0.3, 0.4) is 0 Å². The molecule has 0 saturated carbocycles. The van der Waals surface area contributed by atoms with Gasteiger partial charge >= 0.3 is 0 Å². The molecule has 0 radical (unpaired) electrons. The lowest BCUT2D eigenvalue weighted by molar-refractivity contribution is 0.296. The van der Waals surface area contributed by atoms with Crippen LogP contribution in [0.2, 0.25) is 10.0 Å². The molecular weight excluding hydrogens is 437 g/mol. The number of hydrogen-bond donors (Lipinski definition) is 3. The number of nitrogens with one attached hydrogen (secondary N) is 2. The van der Waals surface area contributed by atoms with Gasteiger partial charge in [0.2, 0.25) is 5.95 Å². The second-order valence-electron chi connectivity index (χ2n) is 7.29. The summed E-state index contributed by atoms with van der Waals surface area (Å²) in [5, 5.41) is 16.6. The van der Waals surface area contributed by atoms with Crippen LogP contribution in [0.25, 0.3) is 43.6 Å². The molecule has 8 nitrogen and oxygen atoms in total. The summed E-state index contributed by atoms with van der Waals surface area (Å²) in [6.07, 6.45) is 0. The van der Waals surface area contributed by atoms with Crippen LogP contribution in [-0.2, 0) is 6.54 Å². The second kappa shape index (κ2) is 6.76. The van der Waals surface area contributed by atoms with Gasteiger partial charge < -0.3 is 20.4 Å². The van der Waals surface area contributed by atoms with Crippen molar-refractivity contribution in [2.75, 3.05) is 12.3 Å². The number of halogens is 2. The third-order valence-electron chi connectivity index (χ3n) is 5.45. The molecule has 3 aromatic heterocycles. The van der Waals surface area contributed by atoms with Crippen LogP contribution in [0.15, 0.2) is 42.5 Å². The topological polar surface area (TPSA) is 110 Å². The van der Waals surface area contributed by atoms with Gasteiger partial charge in [0.15, 0.2) is 5.75 Å². The molecule has 0 spiro atoms. The number of rotatable bonds is 4. The average Bonchev–Trinajstić information content (AvgIpc) is 3.43. The Morgan fingerprint density at radius 3 is 2.03 bits per heavy atom. The van der Waals surface area contributed by atoms with E-state index in [0.717, 1.165) is 43.6 Å². The lowest BCUT2D eigenvalue weighted by atomic mass is 10.1. The number of ether oxygens (including phenoxy) is 1. The number of benzene rings is 3. The highest BCUT2D eigenvalue weighted by Crippen LogP contribution is 2.41. The average molecular weight is 452 g/mol. The maximum atomic E-state index is 6.28. The molecule has 0 aliphatic rings. The molecule has 4 N–H and O–H groups in total. The van der Waals surface area contributed by atoms with Crippen LogP contribution >= 0.6 is 23.2 Å². The van der Waals surface area contributed by atoms with Crippen LogP contribution in [0.1, 0.15) is 0 Å². The van der Waals surface area contributed by atoms with E-state index in [1.165, 1.54) is 4.68 Å². The zero-order valence-electron chi connectivity index (χ0n) is 16.0. The van der Waals surface area contributed by atoms with E-state index in [9.17, 15) is 0 Å². The first-order valence-corrected chi connectivity index (χ1v) is 10.3. The number of nitrogen functional groups attached to an aromatic ring is 1. The Bertz CT molecular complexity index is 1520. The number of nitrogens with zero attached hydrogens (tertiary/aromatic N) is 4. The molecule has 0 aliphatic carbocycles. The van der Waals surface area contributed by atoms with Gasteiger partial charge in [-0.1, -0.05) is 28.3 Å². The Kier molecular flexibility index (Phi) is 3.99. The van der Waals surface area contributed by atoms with E-state index in [1.54, 1.807) is 0 Å².